The van der Waals surface area contributed by atoms with Crippen molar-refractivity contribution in [2.45, 2.75) is 57.5 Å². The molecule has 2 heterocycles. The summed E-state index contributed by atoms with van der Waals surface area (Å²) in [6, 6.07) is 0.634. The summed E-state index contributed by atoms with van der Waals surface area (Å²) >= 11 is 1.77. The molecule has 0 spiro atoms. The highest BCUT2D eigenvalue weighted by atomic mass is 35.5. The van der Waals surface area contributed by atoms with Crippen molar-refractivity contribution in [1.82, 2.24) is 15.2 Å². The van der Waals surface area contributed by atoms with Crippen LogP contribution in [-0.2, 0) is 11.2 Å². The van der Waals surface area contributed by atoms with E-state index in [4.69, 9.17) is 0 Å². The summed E-state index contributed by atoms with van der Waals surface area (Å²) < 4.78 is 0. The summed E-state index contributed by atoms with van der Waals surface area (Å²) in [5.41, 5.74) is 1.22. The number of aryl methyl sites for hydroxylation is 2. The van der Waals surface area contributed by atoms with Gasteiger partial charge in [-0.2, -0.15) is 0 Å². The SMILES string of the molecule is Cc1nc2c(s1)C(N(C)C(=O)CC1CCCN1)CCC2.Cl.Cl. The van der Waals surface area contributed by atoms with Gasteiger partial charge in [-0.05, 0) is 45.6 Å². The Balaban J connectivity index is 0.00000121. The zero-order valence-corrected chi connectivity index (χ0v) is 15.6. The molecule has 0 saturated carbocycles. The third-order valence-electron chi connectivity index (χ3n) is 4.47. The van der Waals surface area contributed by atoms with Gasteiger partial charge in [0.25, 0.3) is 0 Å². The van der Waals surface area contributed by atoms with E-state index in [2.05, 4.69) is 17.2 Å². The maximum atomic E-state index is 12.5. The second-order valence-electron chi connectivity index (χ2n) is 5.95. The van der Waals surface area contributed by atoms with Gasteiger partial charge >= 0.3 is 0 Å². The van der Waals surface area contributed by atoms with Gasteiger partial charge in [-0.15, -0.1) is 36.2 Å². The lowest BCUT2D eigenvalue weighted by atomic mass is 9.96. The van der Waals surface area contributed by atoms with Crippen molar-refractivity contribution in [3.8, 4) is 0 Å². The van der Waals surface area contributed by atoms with Gasteiger partial charge in [-0.25, -0.2) is 4.98 Å². The standard InChI is InChI=1S/C15H23N3OS.2ClH/c1-10-17-12-6-3-7-13(15(12)20-10)18(2)14(19)9-11-5-4-8-16-11;;/h11,13,16H,3-9H2,1-2H3;2*1H. The zero-order chi connectivity index (χ0) is 14.1. The Hall–Kier alpha value is -0.360. The Morgan fingerprint density at radius 3 is 2.82 bits per heavy atom. The van der Waals surface area contributed by atoms with E-state index in [0.29, 0.717) is 12.5 Å². The number of thiazole rings is 1. The minimum absolute atomic E-state index is 0. The third kappa shape index (κ3) is 4.13. The van der Waals surface area contributed by atoms with Crippen molar-refractivity contribution < 1.29 is 4.79 Å². The van der Waals surface area contributed by atoms with Crippen LogP contribution in [0.4, 0.5) is 0 Å². The fourth-order valence-corrected chi connectivity index (χ4v) is 4.50. The van der Waals surface area contributed by atoms with E-state index in [1.165, 1.54) is 17.0 Å². The molecule has 0 radical (unpaired) electrons. The number of carbonyl (C=O) groups excluding carboxylic acids is 1. The predicted molar refractivity (Wildman–Crippen MR) is 95.4 cm³/mol. The van der Waals surface area contributed by atoms with E-state index in [1.54, 1.807) is 11.3 Å². The van der Waals surface area contributed by atoms with Crippen molar-refractivity contribution in [3.63, 3.8) is 0 Å². The minimum atomic E-state index is 0. The fourth-order valence-electron chi connectivity index (χ4n) is 3.35. The molecule has 3 rings (SSSR count). The monoisotopic (exact) mass is 365 g/mol. The molecule has 4 nitrogen and oxygen atoms in total. The summed E-state index contributed by atoms with van der Waals surface area (Å²) in [6.07, 6.45) is 6.26. The van der Waals surface area contributed by atoms with Crippen LogP contribution in [0.25, 0.3) is 0 Å². The average molecular weight is 366 g/mol. The van der Waals surface area contributed by atoms with Crippen LogP contribution in [0.2, 0.25) is 0 Å². The normalized spacial score (nSPS) is 23.2. The van der Waals surface area contributed by atoms with Gasteiger partial charge in [0.15, 0.2) is 0 Å². The van der Waals surface area contributed by atoms with Gasteiger partial charge in [-0.1, -0.05) is 0 Å². The molecule has 1 aliphatic carbocycles. The first-order chi connectivity index (χ1) is 9.65. The molecule has 126 valence electrons. The van der Waals surface area contributed by atoms with Crippen LogP contribution >= 0.6 is 36.2 Å². The Morgan fingerprint density at radius 2 is 2.14 bits per heavy atom. The molecule has 0 aromatic carbocycles. The van der Waals surface area contributed by atoms with Crippen molar-refractivity contribution in [1.29, 1.82) is 0 Å². The van der Waals surface area contributed by atoms with Gasteiger partial charge < -0.3 is 10.2 Å². The molecule has 22 heavy (non-hydrogen) atoms. The summed E-state index contributed by atoms with van der Waals surface area (Å²) in [5, 5.41) is 4.54. The lowest BCUT2D eigenvalue weighted by molar-refractivity contribution is -0.132. The number of amides is 1. The number of aromatic nitrogens is 1. The van der Waals surface area contributed by atoms with E-state index < -0.39 is 0 Å². The van der Waals surface area contributed by atoms with Crippen LogP contribution in [0, 0.1) is 6.92 Å². The smallest absolute Gasteiger partial charge is 0.224 e. The van der Waals surface area contributed by atoms with E-state index in [-0.39, 0.29) is 36.8 Å². The highest BCUT2D eigenvalue weighted by molar-refractivity contribution is 7.11. The van der Waals surface area contributed by atoms with E-state index in [1.807, 2.05) is 11.9 Å². The van der Waals surface area contributed by atoms with Crippen LogP contribution in [0.1, 0.15) is 53.7 Å². The topological polar surface area (TPSA) is 45.2 Å². The molecule has 1 amide bonds. The Bertz CT molecular complexity index is 503. The first kappa shape index (κ1) is 19.7. The molecular weight excluding hydrogens is 341 g/mol. The zero-order valence-electron chi connectivity index (χ0n) is 13.1. The molecule has 1 aromatic heterocycles. The maximum absolute atomic E-state index is 12.5. The van der Waals surface area contributed by atoms with Crippen LogP contribution < -0.4 is 5.32 Å². The van der Waals surface area contributed by atoms with Crippen LogP contribution in [-0.4, -0.2) is 35.4 Å². The first-order valence-electron chi connectivity index (χ1n) is 7.60. The predicted octanol–water partition coefficient (Wildman–Crippen LogP) is 3.27. The molecule has 1 aromatic rings. The van der Waals surface area contributed by atoms with E-state index in [0.717, 1.165) is 37.2 Å². The average Bonchev–Trinajstić information content (AvgIpc) is 3.05. The van der Waals surface area contributed by atoms with Crippen molar-refractivity contribution >= 4 is 42.1 Å². The molecule has 1 fully saturated rings. The van der Waals surface area contributed by atoms with Crippen LogP contribution in [0.3, 0.4) is 0 Å². The number of halogens is 2. The summed E-state index contributed by atoms with van der Waals surface area (Å²) in [5.74, 6) is 0.272. The Morgan fingerprint density at radius 1 is 1.36 bits per heavy atom. The molecule has 1 saturated heterocycles. The van der Waals surface area contributed by atoms with E-state index in [9.17, 15) is 4.79 Å². The van der Waals surface area contributed by atoms with Gasteiger partial charge in [0.05, 0.1) is 21.6 Å². The third-order valence-corrected chi connectivity index (χ3v) is 5.59. The minimum Gasteiger partial charge on any atom is -0.338 e. The number of rotatable bonds is 3. The molecule has 0 bridgehead atoms. The van der Waals surface area contributed by atoms with Gasteiger partial charge in [-0.3, -0.25) is 4.79 Å². The van der Waals surface area contributed by atoms with E-state index >= 15 is 0 Å². The first-order valence-corrected chi connectivity index (χ1v) is 8.42. The molecule has 2 unspecified atom stereocenters. The number of carbonyl (C=O) groups is 1. The molecule has 1 N–H and O–H groups in total. The summed E-state index contributed by atoms with van der Waals surface area (Å²) in [7, 11) is 1.96. The Kier molecular flexibility index (Phi) is 7.59. The highest BCUT2D eigenvalue weighted by Crippen LogP contribution is 2.37. The number of hydrogen-bond donors (Lipinski definition) is 1. The fraction of sp³-hybridized carbons (Fsp3) is 0.733. The number of nitrogens with zero attached hydrogens (tertiary/aromatic N) is 2. The van der Waals surface area contributed by atoms with Crippen molar-refractivity contribution in [2.24, 2.45) is 0 Å². The largest absolute Gasteiger partial charge is 0.338 e. The lowest BCUT2D eigenvalue weighted by Crippen LogP contribution is -2.36. The molecule has 1 aliphatic heterocycles. The number of nitrogens with one attached hydrogen (secondary N) is 1. The summed E-state index contributed by atoms with van der Waals surface area (Å²) in [4.78, 5) is 20.4. The second kappa shape index (κ2) is 8.48. The van der Waals surface area contributed by atoms with Crippen LogP contribution in [0.5, 0.6) is 0 Å². The highest BCUT2D eigenvalue weighted by Gasteiger charge is 2.30. The molecule has 7 heteroatoms. The number of hydrogen-bond acceptors (Lipinski definition) is 4. The second-order valence-corrected chi connectivity index (χ2v) is 7.19. The maximum Gasteiger partial charge on any atom is 0.224 e. The molecular formula is C15H25Cl2N3OS. The molecule has 2 atom stereocenters. The summed E-state index contributed by atoms with van der Waals surface area (Å²) in [6.45, 7) is 3.12. The number of fused-ring (bicyclic) bond motifs is 1. The lowest BCUT2D eigenvalue weighted by Gasteiger charge is -2.31. The quantitative estimate of drug-likeness (QED) is 0.893. The Labute approximate surface area is 148 Å². The van der Waals surface area contributed by atoms with Gasteiger partial charge in [0, 0.05) is 19.5 Å². The molecule has 2 aliphatic rings. The van der Waals surface area contributed by atoms with Gasteiger partial charge in [0.1, 0.15) is 0 Å². The van der Waals surface area contributed by atoms with Crippen molar-refractivity contribution in [3.05, 3.63) is 15.6 Å². The van der Waals surface area contributed by atoms with Crippen LogP contribution in [0.15, 0.2) is 0 Å². The van der Waals surface area contributed by atoms with Crippen molar-refractivity contribution in [2.75, 3.05) is 13.6 Å². The van der Waals surface area contributed by atoms with Gasteiger partial charge in [0.2, 0.25) is 5.91 Å².